The van der Waals surface area contributed by atoms with Gasteiger partial charge in [0.2, 0.25) is 5.91 Å². The van der Waals surface area contributed by atoms with Gasteiger partial charge in [-0.15, -0.1) is 0 Å². The summed E-state index contributed by atoms with van der Waals surface area (Å²) in [5.41, 5.74) is 1.03. The van der Waals surface area contributed by atoms with Crippen molar-refractivity contribution in [2.45, 2.75) is 66.2 Å². The molecule has 0 bridgehead atoms. The number of unbranched alkanes of at least 4 members (excludes halogenated alkanes) is 3. The molecule has 0 fully saturated rings. The van der Waals surface area contributed by atoms with Gasteiger partial charge in [0.25, 0.3) is 0 Å². The number of hydrogen-bond donors (Lipinski definition) is 0. The molecule has 17 heavy (non-hydrogen) atoms. The second-order valence-corrected chi connectivity index (χ2v) is 5.25. The van der Waals surface area contributed by atoms with Gasteiger partial charge in [-0.2, -0.15) is 0 Å². The molecular weight excluding hydrogens is 210 g/mol. The molecule has 0 heterocycles. The van der Waals surface area contributed by atoms with Crippen LogP contribution in [0, 0.1) is 5.41 Å². The Morgan fingerprint density at radius 1 is 1.24 bits per heavy atom. The molecule has 0 aliphatic heterocycles. The van der Waals surface area contributed by atoms with E-state index in [1.165, 1.54) is 25.7 Å². The van der Waals surface area contributed by atoms with Gasteiger partial charge >= 0.3 is 0 Å². The first-order valence-corrected chi connectivity index (χ1v) is 6.82. The summed E-state index contributed by atoms with van der Waals surface area (Å²) in [6, 6.07) is 0. The largest absolute Gasteiger partial charge is 0.320 e. The van der Waals surface area contributed by atoms with Crippen LogP contribution in [0.3, 0.4) is 0 Å². The number of carbonyl (C=O) groups is 1. The first kappa shape index (κ1) is 16.2. The molecule has 0 radical (unpaired) electrons. The third-order valence-electron chi connectivity index (χ3n) is 3.94. The van der Waals surface area contributed by atoms with E-state index in [9.17, 15) is 4.79 Å². The zero-order valence-corrected chi connectivity index (χ0v) is 12.3. The molecule has 0 aromatic rings. The number of rotatable bonds is 8. The molecular formula is C15H29NO. The maximum atomic E-state index is 11.4. The molecule has 1 atom stereocenters. The van der Waals surface area contributed by atoms with Gasteiger partial charge in [0, 0.05) is 25.1 Å². The van der Waals surface area contributed by atoms with Crippen LogP contribution in [0.4, 0.5) is 0 Å². The van der Waals surface area contributed by atoms with E-state index in [4.69, 9.17) is 0 Å². The molecule has 2 nitrogen and oxygen atoms in total. The van der Waals surface area contributed by atoms with Crippen molar-refractivity contribution >= 4 is 5.91 Å². The lowest BCUT2D eigenvalue weighted by Crippen LogP contribution is -2.33. The molecule has 1 amide bonds. The third kappa shape index (κ3) is 4.93. The normalized spacial score (nSPS) is 14.2. The Kier molecular flexibility index (Phi) is 7.17. The van der Waals surface area contributed by atoms with Crippen LogP contribution in [-0.2, 0) is 4.79 Å². The molecule has 1 unspecified atom stereocenters. The summed E-state index contributed by atoms with van der Waals surface area (Å²) < 4.78 is 0. The predicted molar refractivity (Wildman–Crippen MR) is 74.7 cm³/mol. The van der Waals surface area contributed by atoms with E-state index in [-0.39, 0.29) is 11.3 Å². The fourth-order valence-corrected chi connectivity index (χ4v) is 2.06. The lowest BCUT2D eigenvalue weighted by atomic mass is 9.79. The summed E-state index contributed by atoms with van der Waals surface area (Å²) in [6.45, 7) is 12.3. The molecule has 100 valence electrons. The minimum atomic E-state index is 0.0637. The topological polar surface area (TPSA) is 20.3 Å². The van der Waals surface area contributed by atoms with Crippen LogP contribution in [0.5, 0.6) is 0 Å². The van der Waals surface area contributed by atoms with E-state index in [0.29, 0.717) is 0 Å². The maximum Gasteiger partial charge on any atom is 0.223 e. The first-order chi connectivity index (χ1) is 7.89. The lowest BCUT2D eigenvalue weighted by molar-refractivity contribution is -0.126. The number of hydrogen-bond acceptors (Lipinski definition) is 1. The summed E-state index contributed by atoms with van der Waals surface area (Å²) in [5, 5.41) is 0. The molecule has 0 aromatic heterocycles. The summed E-state index contributed by atoms with van der Waals surface area (Å²) in [7, 11) is 1.82. The average molecular weight is 239 g/mol. The quantitative estimate of drug-likeness (QED) is 0.576. The monoisotopic (exact) mass is 239 g/mol. The smallest absolute Gasteiger partial charge is 0.223 e. The molecule has 0 aromatic carbocycles. The van der Waals surface area contributed by atoms with Gasteiger partial charge in [0.05, 0.1) is 0 Å². The minimum absolute atomic E-state index is 0.0637. The standard InChI is InChI=1S/C15H29NO/c1-7-9-10-11-12-15(5,8-2)13(3)16(6)14(4)17/h3,7-12H2,1-2,4-6H3. The highest BCUT2D eigenvalue weighted by Crippen LogP contribution is 2.36. The van der Waals surface area contributed by atoms with E-state index in [1.54, 1.807) is 11.8 Å². The molecule has 0 spiro atoms. The van der Waals surface area contributed by atoms with Crippen molar-refractivity contribution in [1.82, 2.24) is 4.90 Å². The highest BCUT2D eigenvalue weighted by molar-refractivity contribution is 5.75. The molecule has 0 saturated carbocycles. The van der Waals surface area contributed by atoms with E-state index in [2.05, 4.69) is 27.4 Å². The van der Waals surface area contributed by atoms with Gasteiger partial charge in [-0.05, 0) is 12.8 Å². The average Bonchev–Trinajstić information content (AvgIpc) is 2.32. The third-order valence-corrected chi connectivity index (χ3v) is 3.94. The Morgan fingerprint density at radius 2 is 1.82 bits per heavy atom. The summed E-state index contributed by atoms with van der Waals surface area (Å²) >= 11 is 0. The fraction of sp³-hybridized carbons (Fsp3) is 0.800. The molecule has 0 saturated heterocycles. The van der Waals surface area contributed by atoms with Crippen LogP contribution in [0.25, 0.3) is 0 Å². The molecule has 0 N–H and O–H groups in total. The van der Waals surface area contributed by atoms with Crippen molar-refractivity contribution in [3.05, 3.63) is 12.3 Å². The molecule has 0 rings (SSSR count). The van der Waals surface area contributed by atoms with Crippen LogP contribution >= 0.6 is 0 Å². The van der Waals surface area contributed by atoms with Crippen molar-refractivity contribution in [3.8, 4) is 0 Å². The zero-order valence-electron chi connectivity index (χ0n) is 12.3. The SMILES string of the molecule is C=C(N(C)C(C)=O)C(C)(CC)CCCCCC. The molecule has 0 aliphatic carbocycles. The van der Waals surface area contributed by atoms with Gasteiger partial charge in [0.15, 0.2) is 0 Å². The number of amides is 1. The van der Waals surface area contributed by atoms with Crippen LogP contribution in [0.2, 0.25) is 0 Å². The van der Waals surface area contributed by atoms with E-state index < -0.39 is 0 Å². The first-order valence-electron chi connectivity index (χ1n) is 6.82. The molecule has 0 aliphatic rings. The van der Waals surface area contributed by atoms with Crippen molar-refractivity contribution in [1.29, 1.82) is 0 Å². The Balaban J connectivity index is 4.44. The van der Waals surface area contributed by atoms with Gasteiger partial charge in [-0.25, -0.2) is 0 Å². The Hall–Kier alpha value is -0.790. The number of carbonyl (C=O) groups excluding carboxylic acids is 1. The van der Waals surface area contributed by atoms with E-state index in [1.807, 2.05) is 7.05 Å². The fourth-order valence-electron chi connectivity index (χ4n) is 2.06. The molecule has 2 heteroatoms. The minimum Gasteiger partial charge on any atom is -0.320 e. The van der Waals surface area contributed by atoms with Crippen LogP contribution in [0.1, 0.15) is 66.2 Å². The van der Waals surface area contributed by atoms with Gasteiger partial charge < -0.3 is 4.90 Å². The second-order valence-electron chi connectivity index (χ2n) is 5.25. The Morgan fingerprint density at radius 3 is 2.24 bits per heavy atom. The summed E-state index contributed by atoms with van der Waals surface area (Å²) in [6.07, 6.45) is 7.23. The Labute approximate surface area is 107 Å². The van der Waals surface area contributed by atoms with Gasteiger partial charge in [-0.1, -0.05) is 53.0 Å². The van der Waals surface area contributed by atoms with Crippen molar-refractivity contribution in [2.24, 2.45) is 5.41 Å². The highest BCUT2D eigenvalue weighted by atomic mass is 16.2. The van der Waals surface area contributed by atoms with Crippen molar-refractivity contribution in [3.63, 3.8) is 0 Å². The van der Waals surface area contributed by atoms with E-state index in [0.717, 1.165) is 18.5 Å². The van der Waals surface area contributed by atoms with E-state index >= 15 is 0 Å². The van der Waals surface area contributed by atoms with Gasteiger partial charge in [-0.3, -0.25) is 4.79 Å². The van der Waals surface area contributed by atoms with Crippen LogP contribution in [-0.4, -0.2) is 17.9 Å². The summed E-state index contributed by atoms with van der Waals surface area (Å²) in [4.78, 5) is 13.1. The number of nitrogens with zero attached hydrogens (tertiary/aromatic N) is 1. The predicted octanol–water partition coefficient (Wildman–Crippen LogP) is 4.37. The van der Waals surface area contributed by atoms with Crippen LogP contribution < -0.4 is 0 Å². The summed E-state index contributed by atoms with van der Waals surface area (Å²) in [5.74, 6) is 0.0724. The maximum absolute atomic E-state index is 11.4. The lowest BCUT2D eigenvalue weighted by Gasteiger charge is -2.35. The highest BCUT2D eigenvalue weighted by Gasteiger charge is 2.28. The van der Waals surface area contributed by atoms with Crippen LogP contribution in [0.15, 0.2) is 12.3 Å². The van der Waals surface area contributed by atoms with Gasteiger partial charge in [0.1, 0.15) is 0 Å². The zero-order chi connectivity index (χ0) is 13.5. The van der Waals surface area contributed by atoms with Crippen molar-refractivity contribution < 1.29 is 4.79 Å². The number of allylic oxidation sites excluding steroid dienone is 1. The van der Waals surface area contributed by atoms with Crippen molar-refractivity contribution in [2.75, 3.05) is 7.05 Å². The Bertz CT molecular complexity index is 260. The second kappa shape index (κ2) is 7.52.